The van der Waals surface area contributed by atoms with Gasteiger partial charge in [-0.15, -0.1) is 0 Å². The SMILES string of the molecule is Nc1cc(F)ccc1NC(=O)CCn1cncc(I)c1=O. The standard InChI is InChI=1S/C13H12FIN4O2/c14-8-1-2-11(10(16)5-8)18-12(20)3-4-19-7-17-6-9(15)13(19)21/h1-2,5-7H,3-4,16H2,(H,18,20). The van der Waals surface area contributed by atoms with Crippen molar-refractivity contribution in [2.24, 2.45) is 0 Å². The molecule has 1 amide bonds. The predicted octanol–water partition coefficient (Wildman–Crippen LogP) is 1.60. The molecule has 21 heavy (non-hydrogen) atoms. The second-order valence-electron chi connectivity index (χ2n) is 4.27. The first-order valence-electron chi connectivity index (χ1n) is 6.02. The Bertz CT molecular complexity index is 732. The Labute approximate surface area is 133 Å². The van der Waals surface area contributed by atoms with Crippen LogP contribution in [0.1, 0.15) is 6.42 Å². The van der Waals surface area contributed by atoms with E-state index in [4.69, 9.17) is 5.73 Å². The van der Waals surface area contributed by atoms with Crippen LogP contribution >= 0.6 is 22.6 Å². The summed E-state index contributed by atoms with van der Waals surface area (Å²) in [7, 11) is 0. The number of carbonyl (C=O) groups is 1. The minimum atomic E-state index is -0.470. The van der Waals surface area contributed by atoms with Crippen LogP contribution in [-0.2, 0) is 11.3 Å². The molecule has 1 aromatic heterocycles. The summed E-state index contributed by atoms with van der Waals surface area (Å²) in [5.74, 6) is -0.791. The molecule has 1 aromatic carbocycles. The molecule has 0 aliphatic rings. The van der Waals surface area contributed by atoms with Gasteiger partial charge >= 0.3 is 0 Å². The van der Waals surface area contributed by atoms with E-state index in [2.05, 4.69) is 10.3 Å². The number of hydrogen-bond donors (Lipinski definition) is 2. The van der Waals surface area contributed by atoms with Crippen molar-refractivity contribution in [2.45, 2.75) is 13.0 Å². The molecule has 0 saturated heterocycles. The normalized spacial score (nSPS) is 10.4. The zero-order valence-corrected chi connectivity index (χ0v) is 13.0. The second kappa shape index (κ2) is 6.66. The number of rotatable bonds is 4. The van der Waals surface area contributed by atoms with E-state index in [0.717, 1.165) is 6.07 Å². The van der Waals surface area contributed by atoms with Gasteiger partial charge in [0.1, 0.15) is 5.82 Å². The molecule has 0 unspecified atom stereocenters. The monoisotopic (exact) mass is 402 g/mol. The number of nitrogens with two attached hydrogens (primary N) is 1. The molecule has 110 valence electrons. The van der Waals surface area contributed by atoms with Gasteiger partial charge in [-0.25, -0.2) is 9.37 Å². The van der Waals surface area contributed by atoms with Crippen LogP contribution in [0.3, 0.4) is 0 Å². The van der Waals surface area contributed by atoms with Crippen LogP contribution in [0.25, 0.3) is 0 Å². The number of aromatic nitrogens is 2. The highest BCUT2D eigenvalue weighted by Crippen LogP contribution is 2.19. The summed E-state index contributed by atoms with van der Waals surface area (Å²) < 4.78 is 14.7. The number of carbonyl (C=O) groups excluding carboxylic acids is 1. The Hall–Kier alpha value is -1.97. The molecule has 0 atom stereocenters. The van der Waals surface area contributed by atoms with E-state index in [1.807, 2.05) is 22.6 Å². The number of nitrogens with one attached hydrogen (secondary N) is 1. The molecule has 0 spiro atoms. The lowest BCUT2D eigenvalue weighted by molar-refractivity contribution is -0.116. The predicted molar refractivity (Wildman–Crippen MR) is 85.3 cm³/mol. The molecule has 0 aliphatic carbocycles. The van der Waals surface area contributed by atoms with Crippen LogP contribution in [-0.4, -0.2) is 15.5 Å². The minimum absolute atomic E-state index is 0.0818. The molecule has 3 N–H and O–H groups in total. The van der Waals surface area contributed by atoms with Crippen molar-refractivity contribution in [1.82, 2.24) is 9.55 Å². The summed E-state index contributed by atoms with van der Waals surface area (Å²) in [6, 6.07) is 3.73. The maximum absolute atomic E-state index is 12.9. The summed E-state index contributed by atoms with van der Waals surface area (Å²) >= 11 is 1.88. The maximum Gasteiger partial charge on any atom is 0.266 e. The lowest BCUT2D eigenvalue weighted by atomic mass is 10.2. The van der Waals surface area contributed by atoms with Gasteiger partial charge in [-0.2, -0.15) is 0 Å². The fourth-order valence-electron chi connectivity index (χ4n) is 1.67. The average molecular weight is 402 g/mol. The molecule has 2 rings (SSSR count). The minimum Gasteiger partial charge on any atom is -0.397 e. The lowest BCUT2D eigenvalue weighted by Gasteiger charge is -2.09. The van der Waals surface area contributed by atoms with E-state index >= 15 is 0 Å². The van der Waals surface area contributed by atoms with E-state index in [-0.39, 0.29) is 30.1 Å². The maximum atomic E-state index is 12.9. The first-order chi connectivity index (χ1) is 9.97. The molecule has 2 aromatic rings. The number of amides is 1. The molecule has 6 nitrogen and oxygen atoms in total. The third-order valence-corrected chi connectivity index (χ3v) is 3.47. The zero-order valence-electron chi connectivity index (χ0n) is 10.8. The van der Waals surface area contributed by atoms with E-state index in [9.17, 15) is 14.0 Å². The fraction of sp³-hybridized carbons (Fsp3) is 0.154. The number of halogens is 2. The highest BCUT2D eigenvalue weighted by atomic mass is 127. The summed E-state index contributed by atoms with van der Waals surface area (Å²) in [5, 5.41) is 2.57. The van der Waals surface area contributed by atoms with Gasteiger partial charge in [0.25, 0.3) is 5.56 Å². The van der Waals surface area contributed by atoms with Crippen LogP contribution in [0.4, 0.5) is 15.8 Å². The molecule has 8 heteroatoms. The van der Waals surface area contributed by atoms with Crippen molar-refractivity contribution in [3.8, 4) is 0 Å². The number of benzene rings is 1. The van der Waals surface area contributed by atoms with Gasteiger partial charge in [-0.1, -0.05) is 0 Å². The van der Waals surface area contributed by atoms with Crippen LogP contribution < -0.4 is 16.6 Å². The van der Waals surface area contributed by atoms with Gasteiger partial charge in [0.2, 0.25) is 5.91 Å². The van der Waals surface area contributed by atoms with Gasteiger partial charge in [0.05, 0.1) is 21.3 Å². The molecule has 0 saturated carbocycles. The Morgan fingerprint density at radius 3 is 2.95 bits per heavy atom. The van der Waals surface area contributed by atoms with Gasteiger partial charge < -0.3 is 11.1 Å². The number of nitrogens with zero attached hydrogens (tertiary/aromatic N) is 2. The van der Waals surface area contributed by atoms with E-state index in [1.165, 1.54) is 29.2 Å². The smallest absolute Gasteiger partial charge is 0.266 e. The Morgan fingerprint density at radius 2 is 2.24 bits per heavy atom. The fourth-order valence-corrected chi connectivity index (χ4v) is 2.14. The quantitative estimate of drug-likeness (QED) is 0.601. The van der Waals surface area contributed by atoms with E-state index in [0.29, 0.717) is 9.26 Å². The topological polar surface area (TPSA) is 90.0 Å². The van der Waals surface area contributed by atoms with E-state index < -0.39 is 5.82 Å². The third kappa shape index (κ3) is 4.00. The summed E-state index contributed by atoms with van der Waals surface area (Å²) in [5.41, 5.74) is 5.90. The average Bonchev–Trinajstić information content (AvgIpc) is 2.43. The number of anilines is 2. The van der Waals surface area contributed by atoms with Crippen LogP contribution in [0.2, 0.25) is 0 Å². The zero-order chi connectivity index (χ0) is 15.4. The molecule has 0 aliphatic heterocycles. The lowest BCUT2D eigenvalue weighted by Crippen LogP contribution is -2.25. The van der Waals surface area contributed by atoms with Crippen LogP contribution in [0.5, 0.6) is 0 Å². The molecule has 0 fully saturated rings. The van der Waals surface area contributed by atoms with Crippen LogP contribution in [0, 0.1) is 9.39 Å². The summed E-state index contributed by atoms with van der Waals surface area (Å²) in [4.78, 5) is 27.5. The molecular weight excluding hydrogens is 390 g/mol. The second-order valence-corrected chi connectivity index (χ2v) is 5.43. The number of aryl methyl sites for hydroxylation is 1. The third-order valence-electron chi connectivity index (χ3n) is 2.73. The Morgan fingerprint density at radius 1 is 1.48 bits per heavy atom. The molecule has 0 bridgehead atoms. The molecule has 0 radical (unpaired) electrons. The first-order valence-corrected chi connectivity index (χ1v) is 7.10. The summed E-state index contributed by atoms with van der Waals surface area (Å²) in [6.45, 7) is 0.204. The van der Waals surface area contributed by atoms with Crippen molar-refractivity contribution in [1.29, 1.82) is 0 Å². The Balaban J connectivity index is 1.99. The van der Waals surface area contributed by atoms with Gasteiger partial charge in [-0.3, -0.25) is 14.2 Å². The molecule has 1 heterocycles. The molecular formula is C13H12FIN4O2. The van der Waals surface area contributed by atoms with E-state index in [1.54, 1.807) is 0 Å². The van der Waals surface area contributed by atoms with Crippen molar-refractivity contribution < 1.29 is 9.18 Å². The highest BCUT2D eigenvalue weighted by Gasteiger charge is 2.08. The Kier molecular flexibility index (Phi) is 4.89. The van der Waals surface area contributed by atoms with Crippen LogP contribution in [0.15, 0.2) is 35.5 Å². The highest BCUT2D eigenvalue weighted by molar-refractivity contribution is 14.1. The van der Waals surface area contributed by atoms with Crippen molar-refractivity contribution in [2.75, 3.05) is 11.1 Å². The largest absolute Gasteiger partial charge is 0.397 e. The van der Waals surface area contributed by atoms with Gasteiger partial charge in [-0.05, 0) is 40.8 Å². The van der Waals surface area contributed by atoms with Crippen molar-refractivity contribution in [3.63, 3.8) is 0 Å². The number of hydrogen-bond acceptors (Lipinski definition) is 4. The number of nitrogen functional groups attached to an aromatic ring is 1. The first kappa shape index (κ1) is 15.4. The van der Waals surface area contributed by atoms with Gasteiger partial charge in [0.15, 0.2) is 0 Å². The van der Waals surface area contributed by atoms with Crippen molar-refractivity contribution in [3.05, 3.63) is 50.5 Å². The van der Waals surface area contributed by atoms with Gasteiger partial charge in [0, 0.05) is 19.2 Å². The summed E-state index contributed by atoms with van der Waals surface area (Å²) in [6.07, 6.45) is 2.92. The van der Waals surface area contributed by atoms with Crippen molar-refractivity contribution >= 4 is 39.9 Å².